The molecule has 88 valence electrons. The highest BCUT2D eigenvalue weighted by atomic mass is 15.0. The first kappa shape index (κ1) is 11.4. The van der Waals surface area contributed by atoms with E-state index in [2.05, 4.69) is 17.6 Å². The molecule has 2 heterocycles. The van der Waals surface area contributed by atoms with Crippen molar-refractivity contribution in [2.75, 3.05) is 19.6 Å². The molecule has 2 atom stereocenters. The Balaban J connectivity index is 1.86. The summed E-state index contributed by atoms with van der Waals surface area (Å²) in [5.41, 5.74) is 6.54. The van der Waals surface area contributed by atoms with Gasteiger partial charge in [0.15, 0.2) is 0 Å². The van der Waals surface area contributed by atoms with E-state index in [4.69, 9.17) is 5.73 Å². The Morgan fingerprint density at radius 1 is 1.20 bits per heavy atom. The molecule has 2 saturated heterocycles. The number of rotatable bonds is 3. The Hall–Kier alpha value is -0.120. The van der Waals surface area contributed by atoms with Crippen molar-refractivity contribution in [1.82, 2.24) is 10.6 Å². The van der Waals surface area contributed by atoms with Gasteiger partial charge in [-0.15, -0.1) is 0 Å². The predicted molar refractivity (Wildman–Crippen MR) is 63.8 cm³/mol. The van der Waals surface area contributed by atoms with Crippen LogP contribution in [0.15, 0.2) is 0 Å². The molecule has 4 N–H and O–H groups in total. The van der Waals surface area contributed by atoms with Gasteiger partial charge in [0.2, 0.25) is 0 Å². The normalized spacial score (nSPS) is 32.8. The van der Waals surface area contributed by atoms with Crippen molar-refractivity contribution in [3.05, 3.63) is 0 Å². The van der Waals surface area contributed by atoms with Gasteiger partial charge in [0.1, 0.15) is 0 Å². The molecule has 0 aromatic carbocycles. The SMILES string of the molecule is CC(N)(CC1CCCN1)C1CCNCC1. The number of nitrogens with two attached hydrogens (primary N) is 1. The van der Waals surface area contributed by atoms with E-state index < -0.39 is 0 Å². The van der Waals surface area contributed by atoms with Crippen molar-refractivity contribution < 1.29 is 0 Å². The van der Waals surface area contributed by atoms with E-state index >= 15 is 0 Å². The van der Waals surface area contributed by atoms with Gasteiger partial charge in [0.05, 0.1) is 0 Å². The monoisotopic (exact) mass is 211 g/mol. The molecule has 2 fully saturated rings. The zero-order chi connectivity index (χ0) is 10.7. The number of piperidine rings is 1. The Morgan fingerprint density at radius 2 is 1.93 bits per heavy atom. The molecule has 0 radical (unpaired) electrons. The lowest BCUT2D eigenvalue weighted by molar-refractivity contribution is 0.204. The zero-order valence-electron chi connectivity index (χ0n) is 9.89. The molecule has 0 aliphatic carbocycles. The standard InChI is InChI=1S/C12H25N3/c1-12(13,9-11-3-2-6-15-11)10-4-7-14-8-5-10/h10-11,14-15H,2-9,13H2,1H3. The summed E-state index contributed by atoms with van der Waals surface area (Å²) in [6, 6.07) is 0.676. The lowest BCUT2D eigenvalue weighted by Crippen LogP contribution is -2.51. The minimum atomic E-state index is 0.0319. The van der Waals surface area contributed by atoms with Crippen molar-refractivity contribution in [1.29, 1.82) is 0 Å². The Kier molecular flexibility index (Phi) is 3.65. The summed E-state index contributed by atoms with van der Waals surface area (Å²) in [6.45, 7) is 5.74. The highest BCUT2D eigenvalue weighted by Crippen LogP contribution is 2.29. The number of hydrogen-bond acceptors (Lipinski definition) is 3. The molecule has 3 heteroatoms. The van der Waals surface area contributed by atoms with Crippen LogP contribution in [0.25, 0.3) is 0 Å². The van der Waals surface area contributed by atoms with E-state index in [1.54, 1.807) is 0 Å². The third-order valence-corrected chi connectivity index (χ3v) is 4.12. The number of hydrogen-bond donors (Lipinski definition) is 3. The maximum atomic E-state index is 6.50. The smallest absolute Gasteiger partial charge is 0.0170 e. The molecule has 0 aromatic heterocycles. The van der Waals surface area contributed by atoms with E-state index in [-0.39, 0.29) is 5.54 Å². The summed E-state index contributed by atoms with van der Waals surface area (Å²) in [5, 5.41) is 6.97. The van der Waals surface area contributed by atoms with Crippen LogP contribution in [0.5, 0.6) is 0 Å². The first-order valence-corrected chi connectivity index (χ1v) is 6.41. The third kappa shape index (κ3) is 2.92. The zero-order valence-corrected chi connectivity index (χ0v) is 9.89. The Labute approximate surface area is 93.2 Å². The van der Waals surface area contributed by atoms with Crippen molar-refractivity contribution >= 4 is 0 Å². The highest BCUT2D eigenvalue weighted by molar-refractivity contribution is 4.94. The fourth-order valence-electron chi connectivity index (χ4n) is 3.11. The van der Waals surface area contributed by atoms with Crippen LogP contribution < -0.4 is 16.4 Å². The van der Waals surface area contributed by atoms with Gasteiger partial charge in [-0.1, -0.05) is 0 Å². The highest BCUT2D eigenvalue weighted by Gasteiger charge is 2.33. The summed E-state index contributed by atoms with van der Waals surface area (Å²) in [5.74, 6) is 0.709. The first-order valence-electron chi connectivity index (χ1n) is 6.41. The largest absolute Gasteiger partial charge is 0.325 e. The molecule has 2 aliphatic heterocycles. The van der Waals surface area contributed by atoms with Crippen LogP contribution in [-0.2, 0) is 0 Å². The van der Waals surface area contributed by atoms with Crippen LogP contribution in [0.2, 0.25) is 0 Å². The van der Waals surface area contributed by atoms with Crippen LogP contribution in [-0.4, -0.2) is 31.2 Å². The second-order valence-corrected chi connectivity index (χ2v) is 5.53. The van der Waals surface area contributed by atoms with E-state index in [1.807, 2.05) is 0 Å². The van der Waals surface area contributed by atoms with Gasteiger partial charge in [-0.3, -0.25) is 0 Å². The summed E-state index contributed by atoms with van der Waals surface area (Å²) >= 11 is 0. The van der Waals surface area contributed by atoms with Gasteiger partial charge < -0.3 is 16.4 Å². The van der Waals surface area contributed by atoms with Gasteiger partial charge in [0.25, 0.3) is 0 Å². The van der Waals surface area contributed by atoms with Gasteiger partial charge in [-0.05, 0) is 64.6 Å². The molecule has 2 aliphatic rings. The summed E-state index contributed by atoms with van der Waals surface area (Å²) in [4.78, 5) is 0. The summed E-state index contributed by atoms with van der Waals surface area (Å²) in [6.07, 6.45) is 6.29. The fraction of sp³-hybridized carbons (Fsp3) is 1.00. The average Bonchev–Trinajstić information content (AvgIpc) is 2.71. The number of nitrogens with one attached hydrogen (secondary N) is 2. The molecule has 0 aromatic rings. The first-order chi connectivity index (χ1) is 7.18. The van der Waals surface area contributed by atoms with E-state index in [9.17, 15) is 0 Å². The second-order valence-electron chi connectivity index (χ2n) is 5.53. The Morgan fingerprint density at radius 3 is 2.53 bits per heavy atom. The quantitative estimate of drug-likeness (QED) is 0.648. The maximum absolute atomic E-state index is 6.50. The summed E-state index contributed by atoms with van der Waals surface area (Å²) in [7, 11) is 0. The van der Waals surface area contributed by atoms with Crippen LogP contribution in [0, 0.1) is 5.92 Å². The van der Waals surface area contributed by atoms with Crippen molar-refractivity contribution in [2.45, 2.75) is 50.6 Å². The van der Waals surface area contributed by atoms with Crippen LogP contribution in [0.4, 0.5) is 0 Å². The average molecular weight is 211 g/mol. The topological polar surface area (TPSA) is 50.1 Å². The van der Waals surface area contributed by atoms with E-state index in [0.29, 0.717) is 12.0 Å². The molecule has 0 saturated carbocycles. The molecule has 3 nitrogen and oxygen atoms in total. The fourth-order valence-corrected chi connectivity index (χ4v) is 3.11. The molecule has 2 unspecified atom stereocenters. The van der Waals surface area contributed by atoms with Crippen molar-refractivity contribution in [2.24, 2.45) is 11.7 Å². The predicted octanol–water partition coefficient (Wildman–Crippen LogP) is 0.846. The van der Waals surface area contributed by atoms with Crippen LogP contribution >= 0.6 is 0 Å². The molecular weight excluding hydrogens is 186 g/mol. The lowest BCUT2D eigenvalue weighted by atomic mass is 9.76. The molecule has 0 amide bonds. The van der Waals surface area contributed by atoms with Gasteiger partial charge in [-0.2, -0.15) is 0 Å². The molecule has 0 spiro atoms. The third-order valence-electron chi connectivity index (χ3n) is 4.12. The minimum absolute atomic E-state index is 0.0319. The van der Waals surface area contributed by atoms with Gasteiger partial charge in [-0.25, -0.2) is 0 Å². The molecule has 0 bridgehead atoms. The molecule has 15 heavy (non-hydrogen) atoms. The van der Waals surface area contributed by atoms with Crippen LogP contribution in [0.3, 0.4) is 0 Å². The van der Waals surface area contributed by atoms with Crippen LogP contribution in [0.1, 0.15) is 39.0 Å². The maximum Gasteiger partial charge on any atom is 0.0170 e. The van der Waals surface area contributed by atoms with E-state index in [0.717, 1.165) is 19.5 Å². The lowest BCUT2D eigenvalue weighted by Gasteiger charge is -2.38. The molecular formula is C12H25N3. The Bertz CT molecular complexity index is 191. The molecule has 2 rings (SSSR count). The minimum Gasteiger partial charge on any atom is -0.325 e. The van der Waals surface area contributed by atoms with Gasteiger partial charge >= 0.3 is 0 Å². The van der Waals surface area contributed by atoms with Crippen molar-refractivity contribution in [3.63, 3.8) is 0 Å². The summed E-state index contributed by atoms with van der Waals surface area (Å²) < 4.78 is 0. The van der Waals surface area contributed by atoms with Crippen molar-refractivity contribution in [3.8, 4) is 0 Å². The van der Waals surface area contributed by atoms with E-state index in [1.165, 1.54) is 32.2 Å². The van der Waals surface area contributed by atoms with Gasteiger partial charge in [0, 0.05) is 11.6 Å². The second kappa shape index (κ2) is 4.81.